The van der Waals surface area contributed by atoms with E-state index >= 15 is 0 Å². The van der Waals surface area contributed by atoms with E-state index in [-0.39, 0.29) is 36.3 Å². The third-order valence-corrected chi connectivity index (χ3v) is 10.6. The molecule has 2 bridgehead atoms. The van der Waals surface area contributed by atoms with Crippen molar-refractivity contribution in [3.63, 3.8) is 0 Å². The van der Waals surface area contributed by atoms with Crippen LogP contribution in [0.5, 0.6) is 0 Å². The van der Waals surface area contributed by atoms with Crippen LogP contribution in [0.3, 0.4) is 0 Å². The lowest BCUT2D eigenvalue weighted by Crippen LogP contribution is -2.61. The van der Waals surface area contributed by atoms with Crippen LogP contribution in [0.15, 0.2) is 55.6 Å². The molecule has 0 radical (unpaired) electrons. The van der Waals surface area contributed by atoms with Gasteiger partial charge in [0, 0.05) is 25.7 Å². The van der Waals surface area contributed by atoms with E-state index in [4.69, 9.17) is 4.74 Å². The van der Waals surface area contributed by atoms with Crippen molar-refractivity contribution in [3.8, 4) is 0 Å². The fourth-order valence-corrected chi connectivity index (χ4v) is 8.33. The Morgan fingerprint density at radius 2 is 1.79 bits per heavy atom. The Kier molecular flexibility index (Phi) is 9.76. The highest BCUT2D eigenvalue weighted by Gasteiger charge is 2.75. The molecule has 3 amide bonds. The minimum atomic E-state index is -1.10. The number of nitrogens with zero attached hydrogens (tertiary/aromatic N) is 3. The Morgan fingerprint density at radius 1 is 1.09 bits per heavy atom. The molecule has 3 heterocycles. The van der Waals surface area contributed by atoms with Crippen molar-refractivity contribution in [1.29, 1.82) is 0 Å². The molecule has 4 aliphatic rings. The van der Waals surface area contributed by atoms with E-state index in [1.807, 2.05) is 49.1 Å². The Morgan fingerprint density at radius 3 is 2.42 bits per heavy atom. The van der Waals surface area contributed by atoms with Gasteiger partial charge in [-0.25, -0.2) is 0 Å². The van der Waals surface area contributed by atoms with Gasteiger partial charge in [-0.2, -0.15) is 0 Å². The van der Waals surface area contributed by atoms with Crippen molar-refractivity contribution in [2.24, 2.45) is 17.8 Å². The Balaban J connectivity index is 1.55. The number of likely N-dealkylation sites (tertiary alicyclic amines) is 1. The van der Waals surface area contributed by atoms with Crippen LogP contribution >= 0.6 is 0 Å². The topological polar surface area (TPSA) is 90.4 Å². The molecule has 1 N–H and O–H groups in total. The molecule has 2 unspecified atom stereocenters. The number of hydrogen-bond acceptors (Lipinski definition) is 5. The number of aliphatic hydroxyl groups excluding tert-OH is 1. The number of rotatable bonds is 13. The van der Waals surface area contributed by atoms with Gasteiger partial charge in [0.15, 0.2) is 0 Å². The van der Waals surface area contributed by atoms with Gasteiger partial charge >= 0.3 is 0 Å². The molecular formula is C35H49N3O5. The van der Waals surface area contributed by atoms with Gasteiger partial charge in [-0.05, 0) is 37.2 Å². The van der Waals surface area contributed by atoms with Crippen LogP contribution in [0, 0.1) is 17.8 Å². The molecule has 43 heavy (non-hydrogen) atoms. The van der Waals surface area contributed by atoms with Crippen LogP contribution in [0.4, 0.5) is 0 Å². The third kappa shape index (κ3) is 5.57. The zero-order valence-corrected chi connectivity index (χ0v) is 25.9. The first-order valence-corrected chi connectivity index (χ1v) is 16.3. The molecule has 7 atom stereocenters. The summed E-state index contributed by atoms with van der Waals surface area (Å²) in [6.45, 7) is 12.8. The first kappa shape index (κ1) is 31.5. The second-order valence-corrected chi connectivity index (χ2v) is 13.0. The Hall–Kier alpha value is -2.97. The lowest BCUT2D eigenvalue weighted by molar-refractivity contribution is -0.154. The SMILES string of the molecule is C=CCN(Cc1ccccc1)C(=O)[C@@H]1[C@H]2C(=O)N([C@@H](CO)[C@@H](C)CC)C(C(=O)N(CC=C)C3CCCCC3)C23CC[C@H]1O3. The van der Waals surface area contributed by atoms with Crippen LogP contribution in [0.25, 0.3) is 0 Å². The lowest BCUT2D eigenvalue weighted by Gasteiger charge is -2.43. The number of ether oxygens (including phenoxy) is 1. The molecule has 1 aromatic rings. The van der Waals surface area contributed by atoms with Crippen LogP contribution < -0.4 is 0 Å². The van der Waals surface area contributed by atoms with E-state index in [0.717, 1.165) is 44.1 Å². The van der Waals surface area contributed by atoms with Crippen LogP contribution in [-0.4, -0.2) is 87.1 Å². The van der Waals surface area contributed by atoms with Crippen molar-refractivity contribution in [2.75, 3.05) is 19.7 Å². The Bertz CT molecular complexity index is 1180. The molecule has 3 aliphatic heterocycles. The molecule has 1 aliphatic carbocycles. The fourth-order valence-electron chi connectivity index (χ4n) is 8.33. The standard InChI is InChI=1S/C35H49N3O5/c1-5-20-36(22-25-14-10-8-11-15-25)32(40)29-28-18-19-35(43-28)30(29)33(41)38(27(23-39)24(4)7-3)31(35)34(42)37(21-6-2)26-16-12-9-13-17-26/h5-6,8,10-11,14-15,24,26-31,39H,1-2,7,9,12-13,16-23H2,3-4H3/t24-,27-,28+,29-,30-,31?,35?/m0/s1. The van der Waals surface area contributed by atoms with Crippen LogP contribution in [0.1, 0.15) is 70.8 Å². The highest BCUT2D eigenvalue weighted by Crippen LogP contribution is 2.59. The maximum absolute atomic E-state index is 14.8. The van der Waals surface area contributed by atoms with Gasteiger partial charge < -0.3 is 24.5 Å². The summed E-state index contributed by atoms with van der Waals surface area (Å²) in [5, 5.41) is 10.7. The summed E-state index contributed by atoms with van der Waals surface area (Å²) in [7, 11) is 0. The smallest absolute Gasteiger partial charge is 0.248 e. The summed E-state index contributed by atoms with van der Waals surface area (Å²) in [5.74, 6) is -2.01. The minimum Gasteiger partial charge on any atom is -0.394 e. The first-order valence-electron chi connectivity index (χ1n) is 16.3. The second-order valence-electron chi connectivity index (χ2n) is 13.0. The number of carbonyl (C=O) groups is 3. The number of amides is 3. The van der Waals surface area contributed by atoms with Gasteiger partial charge in [-0.1, -0.05) is 82.0 Å². The van der Waals surface area contributed by atoms with E-state index < -0.39 is 35.6 Å². The molecule has 5 rings (SSSR count). The molecule has 8 nitrogen and oxygen atoms in total. The van der Waals surface area contributed by atoms with E-state index in [1.54, 1.807) is 22.0 Å². The molecule has 1 spiro atoms. The van der Waals surface area contributed by atoms with Crippen molar-refractivity contribution < 1.29 is 24.2 Å². The van der Waals surface area contributed by atoms with Crippen LogP contribution in [-0.2, 0) is 25.7 Å². The highest BCUT2D eigenvalue weighted by molar-refractivity contribution is 5.99. The number of carbonyl (C=O) groups excluding carboxylic acids is 3. The van der Waals surface area contributed by atoms with Gasteiger partial charge in [-0.3, -0.25) is 14.4 Å². The van der Waals surface area contributed by atoms with Gasteiger partial charge in [0.1, 0.15) is 11.6 Å². The predicted molar refractivity (Wildman–Crippen MR) is 166 cm³/mol. The largest absolute Gasteiger partial charge is 0.394 e. The van der Waals surface area contributed by atoms with E-state index in [1.165, 1.54) is 0 Å². The number of fused-ring (bicyclic) bond motifs is 1. The summed E-state index contributed by atoms with van der Waals surface area (Å²) in [6.07, 6.45) is 10.1. The molecule has 3 saturated heterocycles. The van der Waals surface area contributed by atoms with Gasteiger partial charge in [0.05, 0.1) is 30.6 Å². The summed E-state index contributed by atoms with van der Waals surface area (Å²) in [4.78, 5) is 49.2. The van der Waals surface area contributed by atoms with Crippen molar-refractivity contribution in [2.45, 2.75) is 102 Å². The second kappa shape index (κ2) is 13.3. The monoisotopic (exact) mass is 591 g/mol. The Labute approximate surface area is 256 Å². The van der Waals surface area contributed by atoms with Crippen molar-refractivity contribution in [1.82, 2.24) is 14.7 Å². The van der Waals surface area contributed by atoms with Crippen molar-refractivity contribution >= 4 is 17.7 Å². The quantitative estimate of drug-likeness (QED) is 0.345. The fraction of sp³-hybridized carbons (Fsp3) is 0.629. The van der Waals surface area contributed by atoms with E-state index in [9.17, 15) is 19.5 Å². The van der Waals surface area contributed by atoms with Crippen LogP contribution in [0.2, 0.25) is 0 Å². The molecule has 0 aromatic heterocycles. The molecule has 1 saturated carbocycles. The number of benzene rings is 1. The average Bonchev–Trinajstić information content (AvgIpc) is 3.68. The summed E-state index contributed by atoms with van der Waals surface area (Å²) >= 11 is 0. The minimum absolute atomic E-state index is 0.0382. The van der Waals surface area contributed by atoms with E-state index in [2.05, 4.69) is 13.2 Å². The van der Waals surface area contributed by atoms with Gasteiger partial charge in [0.2, 0.25) is 17.7 Å². The molecule has 8 heteroatoms. The first-order chi connectivity index (χ1) is 20.8. The van der Waals surface area contributed by atoms with Crippen molar-refractivity contribution in [3.05, 3.63) is 61.2 Å². The normalized spacial score (nSPS) is 29.7. The number of hydrogen-bond donors (Lipinski definition) is 1. The molecule has 4 fully saturated rings. The average molecular weight is 592 g/mol. The van der Waals surface area contributed by atoms with Gasteiger partial charge in [-0.15, -0.1) is 13.2 Å². The number of aliphatic hydroxyl groups is 1. The molecular weight excluding hydrogens is 542 g/mol. The highest BCUT2D eigenvalue weighted by atomic mass is 16.5. The zero-order valence-electron chi connectivity index (χ0n) is 25.9. The summed E-state index contributed by atoms with van der Waals surface area (Å²) < 4.78 is 6.76. The lowest BCUT2D eigenvalue weighted by atomic mass is 9.70. The predicted octanol–water partition coefficient (Wildman–Crippen LogP) is 4.33. The summed E-state index contributed by atoms with van der Waals surface area (Å²) in [6, 6.07) is 8.44. The third-order valence-electron chi connectivity index (χ3n) is 10.6. The zero-order chi connectivity index (χ0) is 30.7. The van der Waals surface area contributed by atoms with Gasteiger partial charge in [0.25, 0.3) is 0 Å². The molecule has 234 valence electrons. The summed E-state index contributed by atoms with van der Waals surface area (Å²) in [5.41, 5.74) is -0.102. The molecule has 1 aromatic carbocycles. The maximum Gasteiger partial charge on any atom is 0.248 e. The van der Waals surface area contributed by atoms with E-state index in [0.29, 0.717) is 32.5 Å². The maximum atomic E-state index is 14.8.